The van der Waals surface area contributed by atoms with Gasteiger partial charge in [0.25, 0.3) is 0 Å². The molecule has 0 spiro atoms. The second kappa shape index (κ2) is 37.5. The van der Waals surface area contributed by atoms with E-state index in [0.29, 0.717) is 19.0 Å². The quantitative estimate of drug-likeness (QED) is 0.0399. The van der Waals surface area contributed by atoms with Crippen molar-refractivity contribution in [2.45, 2.75) is 98.3 Å². The molecule has 4 amide bonds. The SMILES string of the molecule is C=CC(=O)NC(C)C.C=Cc1ccc(C[N+](C)(C)CCCNC(=O)/C=C/c2ccc(OC)cc2)cc1.CCC(CC(C)c1ccc(C[N+](C)(C)CCCNC(=O)/C=C/c2ccc(OC)cc2)cc1)C(=O)NC(C)C.[Cl-].[Cl-]. The van der Waals surface area contributed by atoms with Gasteiger partial charge in [0.1, 0.15) is 24.6 Å². The van der Waals surface area contributed by atoms with E-state index >= 15 is 0 Å². The van der Waals surface area contributed by atoms with E-state index < -0.39 is 0 Å². The molecule has 4 N–H and O–H groups in total. The second-order valence-corrected chi connectivity index (χ2v) is 20.6. The number of halogens is 2. The van der Waals surface area contributed by atoms with Gasteiger partial charge in [0.2, 0.25) is 23.6 Å². The van der Waals surface area contributed by atoms with E-state index in [2.05, 4.69) is 125 Å². The molecule has 0 saturated heterocycles. The van der Waals surface area contributed by atoms with Crippen LogP contribution in [0.15, 0.2) is 128 Å². The van der Waals surface area contributed by atoms with Gasteiger partial charge in [-0.15, -0.1) is 0 Å². The first-order valence-electron chi connectivity index (χ1n) is 26.0. The molecule has 2 atom stereocenters. The van der Waals surface area contributed by atoms with Gasteiger partial charge in [-0.1, -0.05) is 106 Å². The summed E-state index contributed by atoms with van der Waals surface area (Å²) in [5.74, 6) is 1.88. The first-order chi connectivity index (χ1) is 35.1. The number of methoxy groups -OCH3 is 2. The summed E-state index contributed by atoms with van der Waals surface area (Å²) in [6.07, 6.45) is 13.4. The fourth-order valence-electron chi connectivity index (χ4n) is 7.95. The first-order valence-corrected chi connectivity index (χ1v) is 26.0. The molecule has 4 aromatic carbocycles. The lowest BCUT2D eigenvalue weighted by molar-refractivity contribution is -0.903. The van der Waals surface area contributed by atoms with Crippen molar-refractivity contribution in [2.24, 2.45) is 5.92 Å². The Hall–Kier alpha value is -6.18. The summed E-state index contributed by atoms with van der Waals surface area (Å²) in [5, 5.41) is 11.6. The smallest absolute Gasteiger partial charge is 0.244 e. The molecule has 418 valence electrons. The third kappa shape index (κ3) is 30.4. The molecule has 12 nitrogen and oxygen atoms in total. The van der Waals surface area contributed by atoms with Crippen LogP contribution in [-0.4, -0.2) is 113 Å². The van der Waals surface area contributed by atoms with E-state index in [0.717, 1.165) is 89.0 Å². The van der Waals surface area contributed by atoms with Crippen molar-refractivity contribution < 1.29 is 62.4 Å². The van der Waals surface area contributed by atoms with E-state index in [4.69, 9.17) is 9.47 Å². The lowest BCUT2D eigenvalue weighted by atomic mass is 9.88. The normalized spacial score (nSPS) is 11.8. The minimum Gasteiger partial charge on any atom is -1.00 e. The van der Waals surface area contributed by atoms with Crippen LogP contribution >= 0.6 is 0 Å². The van der Waals surface area contributed by atoms with Gasteiger partial charge in [0.05, 0.1) is 55.5 Å². The van der Waals surface area contributed by atoms with Crippen LogP contribution in [0.4, 0.5) is 0 Å². The lowest BCUT2D eigenvalue weighted by Crippen LogP contribution is -3.00. The van der Waals surface area contributed by atoms with Gasteiger partial charge in [-0.3, -0.25) is 19.2 Å². The van der Waals surface area contributed by atoms with Gasteiger partial charge < -0.3 is 64.5 Å². The molecule has 0 fully saturated rings. The highest BCUT2D eigenvalue weighted by atomic mass is 35.5. The highest BCUT2D eigenvalue weighted by Gasteiger charge is 2.22. The largest absolute Gasteiger partial charge is 1.00 e. The Morgan fingerprint density at radius 3 is 1.30 bits per heavy atom. The van der Waals surface area contributed by atoms with Crippen LogP contribution in [0.25, 0.3) is 18.2 Å². The zero-order valence-electron chi connectivity index (χ0n) is 47.6. The van der Waals surface area contributed by atoms with E-state index in [9.17, 15) is 19.2 Å². The Kier molecular flexibility index (Phi) is 34.5. The highest BCUT2D eigenvalue weighted by molar-refractivity contribution is 5.92. The topological polar surface area (TPSA) is 135 Å². The van der Waals surface area contributed by atoms with Gasteiger partial charge in [-0.25, -0.2) is 0 Å². The van der Waals surface area contributed by atoms with Crippen molar-refractivity contribution in [3.63, 3.8) is 0 Å². The number of rotatable bonds is 27. The van der Waals surface area contributed by atoms with Crippen LogP contribution in [0.3, 0.4) is 0 Å². The molecular formula is C62H90Cl2N6O6. The van der Waals surface area contributed by atoms with Gasteiger partial charge >= 0.3 is 0 Å². The monoisotopic (exact) mass is 1080 g/mol. The van der Waals surface area contributed by atoms with Crippen molar-refractivity contribution >= 4 is 41.9 Å². The maximum atomic E-state index is 12.5. The van der Waals surface area contributed by atoms with Crippen molar-refractivity contribution in [1.29, 1.82) is 0 Å². The summed E-state index contributed by atoms with van der Waals surface area (Å²) < 4.78 is 12.0. The molecule has 0 heterocycles. The Balaban J connectivity index is 0.00000130. The highest BCUT2D eigenvalue weighted by Crippen LogP contribution is 2.26. The average molecular weight is 1090 g/mol. The van der Waals surface area contributed by atoms with Gasteiger partial charge in [0.15, 0.2) is 0 Å². The standard InChI is InChI=1S/C32H47N3O3.C24H30N2O2.C6H11NO.2ClH/c1-8-28(32(37)34-24(2)3)22-25(4)29-15-10-27(11-16-29)23-35(5,6)21-9-20-33-31(36)19-14-26-12-17-30(38-7)18-13-26;1-5-20-7-9-22(10-8-20)19-26(2,3)18-6-17-25-24(27)16-13-21-11-14-23(28-4)15-12-21;1-4-6(8)7-5(2)3;;/h10-19,24-25,28H,8-9,20-23H2,1-7H3,(H-,33,34,36,37);5,7-16H,1,6,17-19H2,2-4H3;4-5H,1H2,2-3H3,(H,7,8);2*1H/b19-14+;16-13+;;;. The number of quaternary nitrogens is 2. The fourth-order valence-corrected chi connectivity index (χ4v) is 7.95. The van der Waals surface area contributed by atoms with Gasteiger partial charge in [0, 0.05) is 67.2 Å². The molecule has 0 saturated carbocycles. The number of amides is 4. The van der Waals surface area contributed by atoms with E-state index in [1.54, 1.807) is 26.4 Å². The number of nitrogens with zero attached hydrogens (tertiary/aromatic N) is 2. The summed E-state index contributed by atoms with van der Waals surface area (Å²) in [4.78, 5) is 47.0. The number of hydrogen-bond acceptors (Lipinski definition) is 6. The molecule has 14 heteroatoms. The predicted octanol–water partition coefficient (Wildman–Crippen LogP) is 4.38. The molecule has 0 aliphatic rings. The third-order valence-corrected chi connectivity index (χ3v) is 12.1. The Morgan fingerprint density at radius 2 is 0.961 bits per heavy atom. The van der Waals surface area contributed by atoms with Crippen LogP contribution in [-0.2, 0) is 32.3 Å². The van der Waals surface area contributed by atoms with Crippen molar-refractivity contribution in [3.8, 4) is 11.5 Å². The molecule has 0 radical (unpaired) electrons. The van der Waals surface area contributed by atoms with E-state index in [1.807, 2.05) is 94.5 Å². The summed E-state index contributed by atoms with van der Waals surface area (Å²) in [5.41, 5.74) is 6.95. The van der Waals surface area contributed by atoms with Crippen molar-refractivity contribution in [2.75, 3.05) is 68.6 Å². The zero-order valence-corrected chi connectivity index (χ0v) is 49.1. The molecule has 0 aliphatic heterocycles. The van der Waals surface area contributed by atoms with Crippen molar-refractivity contribution in [1.82, 2.24) is 21.3 Å². The summed E-state index contributed by atoms with van der Waals surface area (Å²) in [6, 6.07) is 32.9. The van der Waals surface area contributed by atoms with Gasteiger partial charge in [-0.05, 0) is 111 Å². The molecule has 4 aromatic rings. The molecule has 0 aromatic heterocycles. The first kappa shape index (κ1) is 69.8. The maximum Gasteiger partial charge on any atom is 0.244 e. The number of benzene rings is 4. The van der Waals surface area contributed by atoms with Crippen LogP contribution in [0.5, 0.6) is 11.5 Å². The van der Waals surface area contributed by atoms with Crippen LogP contribution in [0.2, 0.25) is 0 Å². The number of nitrogens with one attached hydrogen (secondary N) is 4. The minimum atomic E-state index is -0.111. The molecule has 2 unspecified atom stereocenters. The molecule has 0 aliphatic carbocycles. The number of carbonyl (C=O) groups excluding carboxylic acids is 4. The molecular weight excluding hydrogens is 996 g/mol. The van der Waals surface area contributed by atoms with E-state index in [-0.39, 0.29) is 66.4 Å². The third-order valence-electron chi connectivity index (χ3n) is 12.1. The zero-order chi connectivity index (χ0) is 55.1. The molecule has 0 bridgehead atoms. The van der Waals surface area contributed by atoms with Crippen LogP contribution < -0.4 is 55.6 Å². The maximum absolute atomic E-state index is 12.5. The van der Waals surface area contributed by atoms with Crippen LogP contribution in [0, 0.1) is 5.92 Å². The predicted molar refractivity (Wildman–Crippen MR) is 307 cm³/mol. The number of carbonyl (C=O) groups is 4. The lowest BCUT2D eigenvalue weighted by Gasteiger charge is -2.30. The Bertz CT molecular complexity index is 2370. The average Bonchev–Trinajstić information content (AvgIpc) is 3.37. The van der Waals surface area contributed by atoms with Crippen LogP contribution in [0.1, 0.15) is 107 Å². The Morgan fingerprint density at radius 1 is 0.566 bits per heavy atom. The summed E-state index contributed by atoms with van der Waals surface area (Å²) in [7, 11) is 12.1. The number of ether oxygens (including phenoxy) is 2. The van der Waals surface area contributed by atoms with E-state index in [1.165, 1.54) is 22.8 Å². The Labute approximate surface area is 469 Å². The van der Waals surface area contributed by atoms with Crippen molar-refractivity contribution in [3.05, 3.63) is 162 Å². The summed E-state index contributed by atoms with van der Waals surface area (Å²) in [6.45, 7) is 24.4. The summed E-state index contributed by atoms with van der Waals surface area (Å²) >= 11 is 0. The van der Waals surface area contributed by atoms with Gasteiger partial charge in [-0.2, -0.15) is 0 Å². The second-order valence-electron chi connectivity index (χ2n) is 20.6. The minimum absolute atomic E-state index is 0. The molecule has 4 rings (SSSR count). The number of hydrogen-bond donors (Lipinski definition) is 4. The molecule has 76 heavy (non-hydrogen) atoms. The fraction of sp³-hybridized carbons (Fsp3) is 0.419.